The van der Waals surface area contributed by atoms with E-state index in [2.05, 4.69) is 26.5 Å². The number of pyridine rings is 1. The number of aromatic nitrogens is 5. The van der Waals surface area contributed by atoms with Gasteiger partial charge in [0.1, 0.15) is 17.5 Å². The second-order valence-electron chi connectivity index (χ2n) is 7.64. The maximum Gasteiger partial charge on any atom is 0.135 e. The molecule has 0 radical (unpaired) electrons. The molecule has 0 aliphatic carbocycles. The highest BCUT2D eigenvalue weighted by Gasteiger charge is 2.24. The third-order valence-electron chi connectivity index (χ3n) is 5.16. The predicted octanol–water partition coefficient (Wildman–Crippen LogP) is 3.35. The molecule has 4 heterocycles. The zero-order valence-corrected chi connectivity index (χ0v) is 16.8. The highest BCUT2D eigenvalue weighted by atomic mass is 15.2. The van der Waals surface area contributed by atoms with Gasteiger partial charge in [-0.2, -0.15) is 5.10 Å². The average molecular weight is 377 g/mol. The summed E-state index contributed by atoms with van der Waals surface area (Å²) in [5, 5.41) is 7.64. The van der Waals surface area contributed by atoms with Crippen molar-refractivity contribution >= 4 is 11.6 Å². The molecule has 7 nitrogen and oxygen atoms in total. The van der Waals surface area contributed by atoms with Crippen molar-refractivity contribution in [1.82, 2.24) is 29.6 Å². The number of piperidine rings is 1. The van der Waals surface area contributed by atoms with E-state index in [0.717, 1.165) is 61.2 Å². The summed E-state index contributed by atoms with van der Waals surface area (Å²) in [6, 6.07) is 5.96. The Morgan fingerprint density at radius 1 is 1.25 bits per heavy atom. The van der Waals surface area contributed by atoms with Gasteiger partial charge in [0.25, 0.3) is 0 Å². The van der Waals surface area contributed by atoms with Gasteiger partial charge in [0, 0.05) is 55.8 Å². The van der Waals surface area contributed by atoms with Gasteiger partial charge in [-0.15, -0.1) is 0 Å². The Hall–Kier alpha value is -2.80. The number of likely N-dealkylation sites (tertiary alicyclic amines) is 1. The van der Waals surface area contributed by atoms with Crippen LogP contribution in [0.5, 0.6) is 0 Å². The van der Waals surface area contributed by atoms with Crippen molar-refractivity contribution in [3.8, 4) is 0 Å². The van der Waals surface area contributed by atoms with Gasteiger partial charge in [0.2, 0.25) is 0 Å². The van der Waals surface area contributed by atoms with Crippen LogP contribution in [0.1, 0.15) is 41.4 Å². The molecule has 1 fully saturated rings. The van der Waals surface area contributed by atoms with Gasteiger partial charge in [-0.25, -0.2) is 15.0 Å². The molecule has 0 amide bonds. The van der Waals surface area contributed by atoms with Gasteiger partial charge < -0.3 is 5.32 Å². The molecule has 0 aromatic carbocycles. The van der Waals surface area contributed by atoms with Crippen molar-refractivity contribution in [2.75, 3.05) is 18.4 Å². The fraction of sp³-hybridized carbons (Fsp3) is 0.429. The minimum atomic E-state index is 0.343. The van der Waals surface area contributed by atoms with Crippen LogP contribution in [-0.2, 0) is 13.6 Å². The zero-order chi connectivity index (χ0) is 19.5. The largest absolute Gasteiger partial charge is 0.325 e. The summed E-state index contributed by atoms with van der Waals surface area (Å²) in [6.07, 6.45) is 8.11. The Labute approximate surface area is 165 Å². The molecule has 0 saturated carbocycles. The fourth-order valence-electron chi connectivity index (χ4n) is 3.80. The van der Waals surface area contributed by atoms with Crippen LogP contribution >= 0.6 is 0 Å². The topological polar surface area (TPSA) is 71.8 Å². The molecule has 1 atom stereocenters. The van der Waals surface area contributed by atoms with Crippen LogP contribution in [0.4, 0.5) is 11.6 Å². The minimum Gasteiger partial charge on any atom is -0.325 e. The van der Waals surface area contributed by atoms with Crippen molar-refractivity contribution in [2.24, 2.45) is 7.05 Å². The Kier molecular flexibility index (Phi) is 5.34. The molecule has 3 aromatic rings. The minimum absolute atomic E-state index is 0.343. The van der Waals surface area contributed by atoms with Gasteiger partial charge in [-0.3, -0.25) is 9.58 Å². The van der Waals surface area contributed by atoms with E-state index < -0.39 is 0 Å². The lowest BCUT2D eigenvalue weighted by Crippen LogP contribution is -2.34. The first-order valence-corrected chi connectivity index (χ1v) is 9.81. The lowest BCUT2D eigenvalue weighted by atomic mass is 9.96. The molecular formula is C21H27N7. The summed E-state index contributed by atoms with van der Waals surface area (Å²) in [5.74, 6) is 2.92. The smallest absolute Gasteiger partial charge is 0.135 e. The number of hydrogen-bond acceptors (Lipinski definition) is 6. The second-order valence-corrected chi connectivity index (χ2v) is 7.64. The third kappa shape index (κ3) is 4.36. The van der Waals surface area contributed by atoms with Crippen molar-refractivity contribution < 1.29 is 0 Å². The number of anilines is 2. The highest BCUT2D eigenvalue weighted by molar-refractivity contribution is 5.55. The van der Waals surface area contributed by atoms with Gasteiger partial charge >= 0.3 is 0 Å². The van der Waals surface area contributed by atoms with Crippen molar-refractivity contribution in [3.63, 3.8) is 0 Å². The van der Waals surface area contributed by atoms with Crippen LogP contribution in [0.25, 0.3) is 0 Å². The van der Waals surface area contributed by atoms with Crippen LogP contribution in [0.15, 0.2) is 36.8 Å². The van der Waals surface area contributed by atoms with E-state index in [0.29, 0.717) is 5.92 Å². The monoisotopic (exact) mass is 377 g/mol. The first-order valence-electron chi connectivity index (χ1n) is 9.81. The Balaban J connectivity index is 1.50. The van der Waals surface area contributed by atoms with E-state index in [-0.39, 0.29) is 0 Å². The molecule has 1 saturated heterocycles. The third-order valence-corrected chi connectivity index (χ3v) is 5.16. The average Bonchev–Trinajstić information content (AvgIpc) is 3.08. The number of nitrogens with zero attached hydrogens (tertiary/aromatic N) is 6. The Morgan fingerprint density at radius 3 is 2.93 bits per heavy atom. The summed E-state index contributed by atoms with van der Waals surface area (Å²) in [5.41, 5.74) is 3.33. The van der Waals surface area contributed by atoms with E-state index in [4.69, 9.17) is 9.97 Å². The number of nitrogens with one attached hydrogen (secondary N) is 1. The molecule has 1 aliphatic heterocycles. The number of aryl methyl sites for hydroxylation is 3. The molecule has 28 heavy (non-hydrogen) atoms. The SMILES string of the molecule is Cc1cc(Nc2ncccc2C)nc(C2CCCN(Cc3cnn(C)c3)C2)n1. The summed E-state index contributed by atoms with van der Waals surface area (Å²) in [7, 11) is 1.96. The molecule has 0 bridgehead atoms. The zero-order valence-electron chi connectivity index (χ0n) is 16.8. The van der Waals surface area contributed by atoms with Crippen LogP contribution < -0.4 is 5.32 Å². The standard InChI is InChI=1S/C21H27N7/c1-15-6-4-8-22-20(15)25-19-10-16(2)24-21(26-19)18-7-5-9-28(14-18)13-17-11-23-27(3)12-17/h4,6,8,10-12,18H,5,7,9,13-14H2,1-3H3,(H,22,24,25,26). The molecule has 4 rings (SSSR count). The summed E-state index contributed by atoms with van der Waals surface area (Å²) < 4.78 is 1.86. The van der Waals surface area contributed by atoms with Gasteiger partial charge in [0.15, 0.2) is 0 Å². The van der Waals surface area contributed by atoms with E-state index in [9.17, 15) is 0 Å². The second kappa shape index (κ2) is 8.06. The maximum absolute atomic E-state index is 4.83. The first kappa shape index (κ1) is 18.6. The van der Waals surface area contributed by atoms with Crippen molar-refractivity contribution in [2.45, 2.75) is 39.2 Å². The number of rotatable bonds is 5. The quantitative estimate of drug-likeness (QED) is 0.735. The van der Waals surface area contributed by atoms with Gasteiger partial charge in [-0.05, 0) is 44.9 Å². The predicted molar refractivity (Wildman–Crippen MR) is 109 cm³/mol. The summed E-state index contributed by atoms with van der Waals surface area (Å²) in [6.45, 7) is 7.07. The van der Waals surface area contributed by atoms with Gasteiger partial charge in [-0.1, -0.05) is 6.07 Å². The molecule has 0 spiro atoms. The molecule has 7 heteroatoms. The lowest BCUT2D eigenvalue weighted by molar-refractivity contribution is 0.196. The lowest BCUT2D eigenvalue weighted by Gasteiger charge is -2.31. The van der Waals surface area contributed by atoms with Crippen molar-refractivity contribution in [3.05, 3.63) is 59.4 Å². The van der Waals surface area contributed by atoms with Crippen LogP contribution in [-0.4, -0.2) is 42.7 Å². The van der Waals surface area contributed by atoms with Crippen LogP contribution in [0.3, 0.4) is 0 Å². The molecule has 146 valence electrons. The Morgan fingerprint density at radius 2 is 2.14 bits per heavy atom. The highest BCUT2D eigenvalue weighted by Crippen LogP contribution is 2.27. The van der Waals surface area contributed by atoms with E-state index in [1.807, 2.05) is 50.0 Å². The Bertz CT molecular complexity index is 949. The van der Waals surface area contributed by atoms with Crippen molar-refractivity contribution in [1.29, 1.82) is 0 Å². The number of hydrogen-bond donors (Lipinski definition) is 1. The van der Waals surface area contributed by atoms with E-state index in [1.54, 1.807) is 6.20 Å². The molecule has 3 aromatic heterocycles. The summed E-state index contributed by atoms with van der Waals surface area (Å²) >= 11 is 0. The first-order chi connectivity index (χ1) is 13.6. The normalized spacial score (nSPS) is 17.6. The van der Waals surface area contributed by atoms with Crippen LogP contribution in [0.2, 0.25) is 0 Å². The van der Waals surface area contributed by atoms with Gasteiger partial charge in [0.05, 0.1) is 6.20 Å². The molecule has 1 N–H and O–H groups in total. The molecular weight excluding hydrogens is 350 g/mol. The van der Waals surface area contributed by atoms with E-state index in [1.165, 1.54) is 5.56 Å². The van der Waals surface area contributed by atoms with E-state index >= 15 is 0 Å². The molecule has 1 aliphatic rings. The molecule has 1 unspecified atom stereocenters. The van der Waals surface area contributed by atoms with Crippen LogP contribution in [0, 0.1) is 13.8 Å². The fourth-order valence-corrected chi connectivity index (χ4v) is 3.80. The summed E-state index contributed by atoms with van der Waals surface area (Å²) in [4.78, 5) is 16.5. The maximum atomic E-state index is 4.83.